The molecule has 1 fully saturated rings. The first-order valence-corrected chi connectivity index (χ1v) is 5.56. The zero-order chi connectivity index (χ0) is 11.5. The maximum atomic E-state index is 10.1. The van der Waals surface area contributed by atoms with E-state index in [9.17, 15) is 5.11 Å². The Hall–Kier alpha value is -0.840. The summed E-state index contributed by atoms with van der Waals surface area (Å²) >= 11 is 5.93. The van der Waals surface area contributed by atoms with Gasteiger partial charge in [-0.05, 0) is 24.8 Å². The van der Waals surface area contributed by atoms with E-state index in [2.05, 4.69) is 4.98 Å². The molecular formula is C11H14ClNO3. The van der Waals surface area contributed by atoms with Gasteiger partial charge in [0, 0.05) is 18.9 Å². The highest BCUT2D eigenvalue weighted by atomic mass is 35.5. The van der Waals surface area contributed by atoms with Gasteiger partial charge in [-0.15, -0.1) is 0 Å². The van der Waals surface area contributed by atoms with Crippen molar-refractivity contribution in [3.8, 4) is 5.75 Å². The molecule has 1 N–H and O–H groups in total. The number of rotatable bonds is 5. The molecule has 4 nitrogen and oxygen atoms in total. The minimum atomic E-state index is -0.521. The van der Waals surface area contributed by atoms with Gasteiger partial charge >= 0.3 is 0 Å². The maximum absolute atomic E-state index is 10.1. The molecule has 1 heterocycles. The van der Waals surface area contributed by atoms with E-state index in [1.165, 1.54) is 7.11 Å². The van der Waals surface area contributed by atoms with Gasteiger partial charge in [0.2, 0.25) is 0 Å². The lowest BCUT2D eigenvalue weighted by Gasteiger charge is -2.15. The van der Waals surface area contributed by atoms with Crippen LogP contribution < -0.4 is 4.74 Å². The van der Waals surface area contributed by atoms with E-state index in [1.54, 1.807) is 12.3 Å². The zero-order valence-corrected chi connectivity index (χ0v) is 9.78. The molecule has 1 atom stereocenters. The lowest BCUT2D eigenvalue weighted by molar-refractivity contribution is 0.0470. The van der Waals surface area contributed by atoms with Crippen molar-refractivity contribution in [1.29, 1.82) is 0 Å². The number of methoxy groups -OCH3 is 1. The van der Waals surface area contributed by atoms with Gasteiger partial charge < -0.3 is 14.6 Å². The predicted molar refractivity (Wildman–Crippen MR) is 59.4 cm³/mol. The summed E-state index contributed by atoms with van der Waals surface area (Å²) in [6, 6.07) is 1.74. The van der Waals surface area contributed by atoms with Gasteiger partial charge in [-0.2, -0.15) is 0 Å². The first-order valence-electron chi connectivity index (χ1n) is 5.18. The lowest BCUT2D eigenvalue weighted by atomic mass is 10.1. The van der Waals surface area contributed by atoms with E-state index >= 15 is 0 Å². The smallest absolute Gasteiger partial charge is 0.188 e. The van der Waals surface area contributed by atoms with Crippen LogP contribution in [-0.2, 0) is 4.74 Å². The highest BCUT2D eigenvalue weighted by molar-refractivity contribution is 6.30. The molecule has 0 amide bonds. The third kappa shape index (κ3) is 2.45. The summed E-state index contributed by atoms with van der Waals surface area (Å²) in [6.07, 6.45) is 3.14. The molecule has 1 saturated carbocycles. The number of hydrogen-bond donors (Lipinski definition) is 1. The molecule has 16 heavy (non-hydrogen) atoms. The molecule has 1 unspecified atom stereocenters. The van der Waals surface area contributed by atoms with Crippen molar-refractivity contribution >= 4 is 11.6 Å². The fourth-order valence-electron chi connectivity index (χ4n) is 1.60. The first kappa shape index (κ1) is 11.6. The van der Waals surface area contributed by atoms with Gasteiger partial charge in [-0.25, -0.2) is 4.98 Å². The Morgan fingerprint density at radius 1 is 1.62 bits per heavy atom. The average Bonchev–Trinajstić information content (AvgIpc) is 3.10. The fourth-order valence-corrected chi connectivity index (χ4v) is 1.82. The summed E-state index contributed by atoms with van der Waals surface area (Å²) in [5, 5.41) is 10.3. The summed E-state index contributed by atoms with van der Waals surface area (Å²) in [5.74, 6) is 0.744. The van der Waals surface area contributed by atoms with E-state index in [-0.39, 0.29) is 11.9 Å². The molecule has 1 aliphatic rings. The van der Waals surface area contributed by atoms with Crippen molar-refractivity contribution in [2.24, 2.45) is 5.92 Å². The van der Waals surface area contributed by atoms with Crippen molar-refractivity contribution < 1.29 is 14.6 Å². The van der Waals surface area contributed by atoms with Gasteiger partial charge in [0.1, 0.15) is 0 Å². The summed E-state index contributed by atoms with van der Waals surface area (Å²) < 4.78 is 10.2. The van der Waals surface area contributed by atoms with Crippen LogP contribution in [0, 0.1) is 5.92 Å². The van der Waals surface area contributed by atoms with E-state index in [0.717, 1.165) is 12.8 Å². The average molecular weight is 244 g/mol. The second-order valence-corrected chi connectivity index (χ2v) is 4.21. The topological polar surface area (TPSA) is 51.6 Å². The van der Waals surface area contributed by atoms with Crippen LogP contribution in [0.1, 0.15) is 24.5 Å². The standard InChI is InChI=1S/C11H14ClNO3/c1-15-6-16-10-8(4-5-13-11(10)12)9(14)7-2-3-7/h4-5,7,9,14H,2-3,6H2,1H3. The van der Waals surface area contributed by atoms with Crippen LogP contribution in [0.4, 0.5) is 0 Å². The molecule has 88 valence electrons. The third-order valence-corrected chi connectivity index (χ3v) is 2.87. The molecule has 1 aromatic heterocycles. The number of aliphatic hydroxyl groups excluding tert-OH is 1. The van der Waals surface area contributed by atoms with E-state index < -0.39 is 6.10 Å². The van der Waals surface area contributed by atoms with Crippen molar-refractivity contribution in [2.45, 2.75) is 18.9 Å². The Morgan fingerprint density at radius 3 is 3.00 bits per heavy atom. The summed E-state index contributed by atoms with van der Waals surface area (Å²) in [6.45, 7) is 0.0931. The molecule has 1 aliphatic carbocycles. The summed E-state index contributed by atoms with van der Waals surface area (Å²) in [7, 11) is 1.53. The maximum Gasteiger partial charge on any atom is 0.188 e. The number of ether oxygens (including phenoxy) is 2. The Bertz CT molecular complexity index is 368. The van der Waals surface area contributed by atoms with E-state index in [4.69, 9.17) is 21.1 Å². The number of halogens is 1. The Morgan fingerprint density at radius 2 is 2.38 bits per heavy atom. The van der Waals surface area contributed by atoms with Gasteiger partial charge in [0.15, 0.2) is 17.7 Å². The van der Waals surface area contributed by atoms with Crippen LogP contribution >= 0.6 is 11.6 Å². The van der Waals surface area contributed by atoms with E-state index in [0.29, 0.717) is 17.2 Å². The largest absolute Gasteiger partial charge is 0.464 e. The first-order chi connectivity index (χ1) is 7.74. The highest BCUT2D eigenvalue weighted by Gasteiger charge is 2.33. The lowest BCUT2D eigenvalue weighted by Crippen LogP contribution is -2.07. The van der Waals surface area contributed by atoms with Crippen LogP contribution in [0.5, 0.6) is 5.75 Å². The SMILES string of the molecule is COCOc1c(C(O)C2CC2)ccnc1Cl. The third-order valence-electron chi connectivity index (χ3n) is 2.60. The predicted octanol–water partition coefficient (Wildman–Crippen LogP) is 2.16. The van der Waals surface area contributed by atoms with Crippen molar-refractivity contribution in [3.05, 3.63) is 23.0 Å². The molecule has 0 radical (unpaired) electrons. The molecule has 0 bridgehead atoms. The normalized spacial score (nSPS) is 17.2. The number of pyridine rings is 1. The van der Waals surface area contributed by atoms with Crippen molar-refractivity contribution in [1.82, 2.24) is 4.98 Å². The Balaban J connectivity index is 2.23. The monoisotopic (exact) mass is 243 g/mol. The number of nitrogens with zero attached hydrogens (tertiary/aromatic N) is 1. The minimum absolute atomic E-state index is 0.0931. The quantitative estimate of drug-likeness (QED) is 0.636. The highest BCUT2D eigenvalue weighted by Crippen LogP contribution is 2.44. The molecule has 5 heteroatoms. The van der Waals surface area contributed by atoms with Crippen LogP contribution in [0.2, 0.25) is 5.15 Å². The number of hydrogen-bond acceptors (Lipinski definition) is 4. The molecule has 2 rings (SSSR count). The van der Waals surface area contributed by atoms with Gasteiger partial charge in [-0.3, -0.25) is 0 Å². The van der Waals surface area contributed by atoms with Crippen molar-refractivity contribution in [3.63, 3.8) is 0 Å². The minimum Gasteiger partial charge on any atom is -0.464 e. The second-order valence-electron chi connectivity index (χ2n) is 3.85. The molecule has 1 aromatic rings. The van der Waals surface area contributed by atoms with Crippen LogP contribution in [-0.4, -0.2) is 24.0 Å². The number of aromatic nitrogens is 1. The molecule has 0 aliphatic heterocycles. The number of aliphatic hydroxyl groups is 1. The molecule has 0 spiro atoms. The summed E-state index contributed by atoms with van der Waals surface area (Å²) in [4.78, 5) is 3.93. The van der Waals surface area contributed by atoms with E-state index in [1.807, 2.05) is 0 Å². The van der Waals surface area contributed by atoms with Crippen LogP contribution in [0.25, 0.3) is 0 Å². The fraction of sp³-hybridized carbons (Fsp3) is 0.545. The zero-order valence-electron chi connectivity index (χ0n) is 9.02. The molecule has 0 saturated heterocycles. The van der Waals surface area contributed by atoms with Gasteiger partial charge in [-0.1, -0.05) is 11.6 Å². The Kier molecular flexibility index (Phi) is 3.63. The molecular weight excluding hydrogens is 230 g/mol. The second kappa shape index (κ2) is 4.99. The Labute approximate surface area is 99.2 Å². The van der Waals surface area contributed by atoms with Crippen LogP contribution in [0.15, 0.2) is 12.3 Å². The summed E-state index contributed by atoms with van der Waals surface area (Å²) in [5.41, 5.74) is 0.694. The van der Waals surface area contributed by atoms with Gasteiger partial charge in [0.05, 0.1) is 6.10 Å². The van der Waals surface area contributed by atoms with Crippen LogP contribution in [0.3, 0.4) is 0 Å². The molecule has 0 aromatic carbocycles. The van der Waals surface area contributed by atoms with Crippen molar-refractivity contribution in [2.75, 3.05) is 13.9 Å². The van der Waals surface area contributed by atoms with Gasteiger partial charge in [0.25, 0.3) is 0 Å².